The maximum Gasteiger partial charge on any atom is 0.235 e. The van der Waals surface area contributed by atoms with Crippen LogP contribution in [0.1, 0.15) is 47.3 Å². The maximum absolute atomic E-state index is 13.3. The second kappa shape index (κ2) is 8.93. The lowest BCUT2D eigenvalue weighted by Gasteiger charge is -2.22. The zero-order chi connectivity index (χ0) is 21.0. The minimum atomic E-state index is -0.834. The second-order valence-electron chi connectivity index (χ2n) is 6.69. The zero-order valence-electron chi connectivity index (χ0n) is 16.0. The molecule has 6 nitrogen and oxygen atoms in total. The van der Waals surface area contributed by atoms with E-state index in [1.807, 2.05) is 11.8 Å². The van der Waals surface area contributed by atoms with Crippen LogP contribution in [0.5, 0.6) is 0 Å². The molecule has 3 rings (SSSR count). The van der Waals surface area contributed by atoms with Crippen molar-refractivity contribution < 1.29 is 9.18 Å². The molecule has 0 aliphatic carbocycles. The van der Waals surface area contributed by atoms with Crippen LogP contribution in [0.3, 0.4) is 0 Å². The van der Waals surface area contributed by atoms with Crippen molar-refractivity contribution in [1.82, 2.24) is 4.98 Å². The summed E-state index contributed by atoms with van der Waals surface area (Å²) in [5, 5.41) is 19.0. The molecule has 1 amide bonds. The molecule has 1 unspecified atom stereocenters. The third-order valence-electron chi connectivity index (χ3n) is 4.89. The van der Waals surface area contributed by atoms with Gasteiger partial charge in [0.25, 0.3) is 0 Å². The molecule has 1 aliphatic rings. The smallest absolute Gasteiger partial charge is 0.235 e. The van der Waals surface area contributed by atoms with Gasteiger partial charge in [0.2, 0.25) is 5.91 Å². The maximum atomic E-state index is 13.3. The molecule has 2 aromatic rings. The number of pyridine rings is 1. The van der Waals surface area contributed by atoms with Crippen molar-refractivity contribution in [3.8, 4) is 12.1 Å². The van der Waals surface area contributed by atoms with Gasteiger partial charge in [-0.3, -0.25) is 4.79 Å². The van der Waals surface area contributed by atoms with E-state index in [4.69, 9.17) is 5.73 Å². The molecule has 148 valence electrons. The van der Waals surface area contributed by atoms with Crippen LogP contribution in [-0.2, 0) is 11.2 Å². The first-order chi connectivity index (χ1) is 14.0. The molecule has 0 spiro atoms. The van der Waals surface area contributed by atoms with Crippen LogP contribution in [0.4, 0.5) is 10.2 Å². The highest BCUT2D eigenvalue weighted by Gasteiger charge is 2.28. The summed E-state index contributed by atoms with van der Waals surface area (Å²) in [7, 11) is 0. The molecule has 1 aliphatic heterocycles. The van der Waals surface area contributed by atoms with Crippen LogP contribution < -0.4 is 10.6 Å². The molecule has 1 atom stereocenters. The number of primary amides is 1. The van der Waals surface area contributed by atoms with Crippen LogP contribution in [0.15, 0.2) is 29.3 Å². The van der Waals surface area contributed by atoms with E-state index < -0.39 is 17.0 Å². The first kappa shape index (κ1) is 20.6. The summed E-state index contributed by atoms with van der Waals surface area (Å²) in [5.74, 6) is -0.483. The number of rotatable bonds is 6. The monoisotopic (exact) mass is 409 g/mol. The lowest BCUT2D eigenvalue weighted by atomic mass is 10.0. The Bertz CT molecular complexity index is 1000. The number of hydrogen-bond donors (Lipinski definition) is 1. The van der Waals surface area contributed by atoms with Crippen molar-refractivity contribution in [3.63, 3.8) is 0 Å². The Balaban J connectivity index is 2.12. The molecule has 0 bridgehead atoms. The number of benzene rings is 1. The van der Waals surface area contributed by atoms with Gasteiger partial charge in [-0.05, 0) is 42.5 Å². The quantitative estimate of drug-likeness (QED) is 0.733. The molecule has 2 heterocycles. The summed E-state index contributed by atoms with van der Waals surface area (Å²) < 4.78 is 13.3. The highest BCUT2D eigenvalue weighted by atomic mass is 32.2. The van der Waals surface area contributed by atoms with E-state index in [1.54, 1.807) is 0 Å². The fraction of sp³-hybridized carbons (Fsp3) is 0.333. The normalized spacial score (nSPS) is 14.3. The second-order valence-corrected chi connectivity index (χ2v) is 7.79. The van der Waals surface area contributed by atoms with Gasteiger partial charge in [-0.2, -0.15) is 10.5 Å². The summed E-state index contributed by atoms with van der Waals surface area (Å²) in [4.78, 5) is 18.8. The fourth-order valence-corrected chi connectivity index (χ4v) is 4.52. The summed E-state index contributed by atoms with van der Waals surface area (Å²) in [6.45, 7) is 3.46. The Morgan fingerprint density at radius 3 is 2.38 bits per heavy atom. The first-order valence-electron chi connectivity index (χ1n) is 9.33. The topological polar surface area (TPSA) is 107 Å². The summed E-state index contributed by atoms with van der Waals surface area (Å²) >= 11 is 1.06. The van der Waals surface area contributed by atoms with Crippen LogP contribution in [0, 0.1) is 28.5 Å². The van der Waals surface area contributed by atoms with Gasteiger partial charge in [0.1, 0.15) is 34.0 Å². The average molecular weight is 409 g/mol. The highest BCUT2D eigenvalue weighted by Crippen LogP contribution is 2.40. The Morgan fingerprint density at radius 2 is 1.86 bits per heavy atom. The van der Waals surface area contributed by atoms with Gasteiger partial charge >= 0.3 is 0 Å². The molecule has 8 heteroatoms. The predicted molar refractivity (Wildman–Crippen MR) is 109 cm³/mol. The number of carbonyl (C=O) groups is 1. The van der Waals surface area contributed by atoms with Crippen molar-refractivity contribution >= 4 is 23.5 Å². The number of nitrogens with two attached hydrogens (primary N) is 1. The van der Waals surface area contributed by atoms with Crippen LogP contribution in [0.2, 0.25) is 0 Å². The van der Waals surface area contributed by atoms with Gasteiger partial charge in [-0.25, -0.2) is 9.37 Å². The number of nitrogens with zero attached hydrogens (tertiary/aromatic N) is 4. The van der Waals surface area contributed by atoms with Gasteiger partial charge < -0.3 is 10.6 Å². The lowest BCUT2D eigenvalue weighted by molar-refractivity contribution is -0.117. The van der Waals surface area contributed by atoms with Gasteiger partial charge in [-0.1, -0.05) is 30.8 Å². The third-order valence-corrected chi connectivity index (χ3v) is 6.15. The third kappa shape index (κ3) is 4.18. The fourth-order valence-electron chi connectivity index (χ4n) is 3.47. The van der Waals surface area contributed by atoms with Crippen molar-refractivity contribution in [2.75, 3.05) is 18.0 Å². The summed E-state index contributed by atoms with van der Waals surface area (Å²) in [6.07, 6.45) is 2.51. The summed E-state index contributed by atoms with van der Waals surface area (Å²) in [5.41, 5.74) is 7.45. The number of nitriles is 2. The van der Waals surface area contributed by atoms with Gasteiger partial charge in [0, 0.05) is 13.1 Å². The van der Waals surface area contributed by atoms with Gasteiger partial charge in [-0.15, -0.1) is 0 Å². The lowest BCUT2D eigenvalue weighted by Crippen LogP contribution is -2.23. The van der Waals surface area contributed by atoms with E-state index >= 15 is 0 Å². The Morgan fingerprint density at radius 1 is 1.24 bits per heavy atom. The Labute approximate surface area is 173 Å². The number of aromatic nitrogens is 1. The van der Waals surface area contributed by atoms with E-state index in [2.05, 4.69) is 17.1 Å². The molecule has 1 saturated heterocycles. The minimum absolute atomic E-state index is 0.283. The van der Waals surface area contributed by atoms with E-state index in [0.717, 1.165) is 37.7 Å². The molecule has 1 aromatic heterocycles. The average Bonchev–Trinajstić information content (AvgIpc) is 3.26. The van der Waals surface area contributed by atoms with E-state index in [1.165, 1.54) is 24.3 Å². The van der Waals surface area contributed by atoms with E-state index in [0.29, 0.717) is 34.0 Å². The number of carbonyl (C=O) groups excluding carboxylic acids is 1. The van der Waals surface area contributed by atoms with Gasteiger partial charge in [0.15, 0.2) is 0 Å². The molecule has 0 saturated carbocycles. The number of hydrogen-bond acceptors (Lipinski definition) is 6. The molecular formula is C21H20FN5OS. The van der Waals surface area contributed by atoms with Crippen molar-refractivity contribution in [1.29, 1.82) is 10.5 Å². The van der Waals surface area contributed by atoms with Gasteiger partial charge in [0.05, 0.1) is 11.1 Å². The van der Waals surface area contributed by atoms with Crippen LogP contribution in [0.25, 0.3) is 0 Å². The summed E-state index contributed by atoms with van der Waals surface area (Å²) in [6, 6.07) is 9.87. The van der Waals surface area contributed by atoms with Crippen LogP contribution >= 0.6 is 11.8 Å². The Hall–Kier alpha value is -3.10. The van der Waals surface area contributed by atoms with E-state index in [-0.39, 0.29) is 5.56 Å². The standard InChI is InChI=1S/C21H20FN5OS/c1-2-15-16(11-23)20(27-9-3-4-10-27)26-21(17(15)12-24)29-18(19(25)28)13-5-7-14(22)8-6-13/h5-8,18H,2-4,9-10H2,1H3,(H2,25,28). The number of anilines is 1. The zero-order valence-corrected chi connectivity index (χ0v) is 16.8. The molecule has 2 N–H and O–H groups in total. The molecule has 1 aromatic carbocycles. The van der Waals surface area contributed by atoms with Crippen molar-refractivity contribution in [3.05, 3.63) is 52.3 Å². The molecule has 1 fully saturated rings. The van der Waals surface area contributed by atoms with E-state index in [9.17, 15) is 19.7 Å². The van der Waals surface area contributed by atoms with Crippen LogP contribution in [-0.4, -0.2) is 24.0 Å². The predicted octanol–water partition coefficient (Wildman–Crippen LogP) is 3.45. The number of halogens is 1. The SMILES string of the molecule is CCc1c(C#N)c(SC(C(N)=O)c2ccc(F)cc2)nc(N2CCCC2)c1C#N. The molecule has 0 radical (unpaired) electrons. The largest absolute Gasteiger partial charge is 0.368 e. The molecular weight excluding hydrogens is 389 g/mol. The number of amides is 1. The van der Waals surface area contributed by atoms with Crippen molar-refractivity contribution in [2.45, 2.75) is 36.5 Å². The highest BCUT2D eigenvalue weighted by molar-refractivity contribution is 8.00. The Kier molecular flexibility index (Phi) is 6.36. The van der Waals surface area contributed by atoms with Crippen molar-refractivity contribution in [2.24, 2.45) is 5.73 Å². The number of thioether (sulfide) groups is 1. The molecule has 29 heavy (non-hydrogen) atoms. The minimum Gasteiger partial charge on any atom is -0.368 e. The first-order valence-corrected chi connectivity index (χ1v) is 10.2.